The third-order valence-electron chi connectivity index (χ3n) is 3.86. The zero-order valence-corrected chi connectivity index (χ0v) is 11.0. The number of ether oxygens (including phenoxy) is 1. The molecule has 3 nitrogen and oxygen atoms in total. The topological polar surface area (TPSA) is 46.5 Å². The number of hydrogen-bond acceptors (Lipinski definition) is 2. The summed E-state index contributed by atoms with van der Waals surface area (Å²) in [6, 6.07) is 6.35. The Morgan fingerprint density at radius 1 is 1.44 bits per heavy atom. The lowest BCUT2D eigenvalue weighted by Gasteiger charge is -2.35. The van der Waals surface area contributed by atoms with Crippen molar-refractivity contribution < 1.29 is 14.6 Å². The zero-order valence-electron chi connectivity index (χ0n) is 11.0. The molecule has 3 heteroatoms. The molecule has 1 aliphatic rings. The highest BCUT2D eigenvalue weighted by molar-refractivity contribution is 5.67. The quantitative estimate of drug-likeness (QED) is 0.870. The van der Waals surface area contributed by atoms with Crippen molar-refractivity contribution in [3.8, 4) is 5.75 Å². The van der Waals surface area contributed by atoms with Crippen LogP contribution < -0.4 is 4.74 Å². The first-order chi connectivity index (χ1) is 8.63. The van der Waals surface area contributed by atoms with Crippen LogP contribution in [0.15, 0.2) is 18.2 Å². The van der Waals surface area contributed by atoms with Crippen LogP contribution in [0.5, 0.6) is 5.75 Å². The highest BCUT2D eigenvalue weighted by Gasteiger charge is 2.31. The van der Waals surface area contributed by atoms with E-state index in [-0.39, 0.29) is 0 Å². The largest absolute Gasteiger partial charge is 0.496 e. The fourth-order valence-corrected chi connectivity index (χ4v) is 2.75. The van der Waals surface area contributed by atoms with Crippen LogP contribution in [0, 0.1) is 5.92 Å². The lowest BCUT2D eigenvalue weighted by atomic mass is 9.70. The molecule has 0 aliphatic heterocycles. The van der Waals surface area contributed by atoms with Gasteiger partial charge in [-0.15, -0.1) is 0 Å². The van der Waals surface area contributed by atoms with E-state index in [2.05, 4.69) is 19.1 Å². The van der Waals surface area contributed by atoms with Crippen molar-refractivity contribution in [3.05, 3.63) is 29.3 Å². The summed E-state index contributed by atoms with van der Waals surface area (Å²) in [5, 5.41) is 8.74. The minimum Gasteiger partial charge on any atom is -0.496 e. The van der Waals surface area contributed by atoms with E-state index < -0.39 is 5.97 Å². The van der Waals surface area contributed by atoms with Crippen LogP contribution in [-0.2, 0) is 11.2 Å². The maximum atomic E-state index is 10.6. The van der Waals surface area contributed by atoms with Crippen LogP contribution in [0.2, 0.25) is 0 Å². The molecule has 1 aliphatic carbocycles. The molecule has 0 radical (unpaired) electrons. The van der Waals surface area contributed by atoms with Gasteiger partial charge in [0.2, 0.25) is 0 Å². The van der Waals surface area contributed by atoms with Gasteiger partial charge in [0.25, 0.3) is 0 Å². The number of aryl methyl sites for hydroxylation is 1. The Hall–Kier alpha value is -1.51. The van der Waals surface area contributed by atoms with Gasteiger partial charge >= 0.3 is 5.97 Å². The van der Waals surface area contributed by atoms with Crippen LogP contribution in [0.25, 0.3) is 0 Å². The standard InChI is InChI=1S/C15H20O3/c1-3-11-9-12(4-5-14(11)18-2)13-6-10(7-13)8-15(16)17/h4-5,9-10,13H,3,6-8H2,1-2H3,(H,16,17). The average molecular weight is 248 g/mol. The molecule has 0 aromatic heterocycles. The van der Waals surface area contributed by atoms with E-state index in [1.54, 1.807) is 7.11 Å². The van der Waals surface area contributed by atoms with Crippen LogP contribution in [0.4, 0.5) is 0 Å². The summed E-state index contributed by atoms with van der Waals surface area (Å²) in [5.41, 5.74) is 2.56. The molecule has 1 aromatic carbocycles. The van der Waals surface area contributed by atoms with Gasteiger partial charge in [-0.3, -0.25) is 4.79 Å². The van der Waals surface area contributed by atoms with Gasteiger partial charge in [-0.05, 0) is 48.3 Å². The number of rotatable bonds is 5. The van der Waals surface area contributed by atoms with Crippen molar-refractivity contribution in [1.82, 2.24) is 0 Å². The summed E-state index contributed by atoms with van der Waals surface area (Å²) in [4.78, 5) is 10.6. The molecule has 2 rings (SSSR count). The molecule has 0 atom stereocenters. The minimum atomic E-state index is -0.678. The summed E-state index contributed by atoms with van der Waals surface area (Å²) in [6.45, 7) is 2.12. The molecule has 1 fully saturated rings. The Balaban J connectivity index is 2.01. The van der Waals surface area contributed by atoms with Gasteiger partial charge in [0.05, 0.1) is 7.11 Å². The van der Waals surface area contributed by atoms with Gasteiger partial charge in [-0.25, -0.2) is 0 Å². The second-order valence-electron chi connectivity index (χ2n) is 5.06. The Labute approximate surface area is 108 Å². The van der Waals surface area contributed by atoms with E-state index in [1.807, 2.05) is 6.07 Å². The van der Waals surface area contributed by atoms with E-state index in [9.17, 15) is 4.79 Å². The molecule has 0 saturated heterocycles. The minimum absolute atomic E-state index is 0.313. The zero-order chi connectivity index (χ0) is 13.1. The van der Waals surface area contributed by atoms with E-state index in [0.29, 0.717) is 18.3 Å². The number of carboxylic acids is 1. The molecule has 1 saturated carbocycles. The predicted molar refractivity (Wildman–Crippen MR) is 70.1 cm³/mol. The first-order valence-electron chi connectivity index (χ1n) is 6.52. The van der Waals surface area contributed by atoms with Crippen molar-refractivity contribution in [1.29, 1.82) is 0 Å². The maximum absolute atomic E-state index is 10.6. The van der Waals surface area contributed by atoms with Crippen LogP contribution in [0.1, 0.15) is 43.2 Å². The summed E-state index contributed by atoms with van der Waals surface area (Å²) < 4.78 is 5.32. The molecule has 0 amide bonds. The van der Waals surface area contributed by atoms with Crippen molar-refractivity contribution in [2.45, 2.75) is 38.5 Å². The van der Waals surface area contributed by atoms with Gasteiger partial charge in [0, 0.05) is 6.42 Å². The molecule has 0 unspecified atom stereocenters. The predicted octanol–water partition coefficient (Wildman–Crippen LogP) is 3.23. The van der Waals surface area contributed by atoms with Crippen LogP contribution in [0.3, 0.4) is 0 Å². The normalized spacial score (nSPS) is 22.3. The number of hydrogen-bond donors (Lipinski definition) is 1. The first-order valence-corrected chi connectivity index (χ1v) is 6.52. The Morgan fingerprint density at radius 3 is 2.72 bits per heavy atom. The van der Waals surface area contributed by atoms with Gasteiger partial charge < -0.3 is 9.84 Å². The van der Waals surface area contributed by atoms with Crippen molar-refractivity contribution >= 4 is 5.97 Å². The number of carboxylic acid groups (broad SMARTS) is 1. The second kappa shape index (κ2) is 5.42. The van der Waals surface area contributed by atoms with E-state index in [1.165, 1.54) is 11.1 Å². The summed E-state index contributed by atoms with van der Waals surface area (Å²) in [5.74, 6) is 1.16. The van der Waals surface area contributed by atoms with Gasteiger partial charge in [-0.1, -0.05) is 19.1 Å². The molecule has 0 heterocycles. The fourth-order valence-electron chi connectivity index (χ4n) is 2.75. The third kappa shape index (κ3) is 2.66. The molecule has 0 bridgehead atoms. The van der Waals surface area contributed by atoms with Crippen LogP contribution in [-0.4, -0.2) is 18.2 Å². The highest BCUT2D eigenvalue weighted by Crippen LogP contribution is 2.44. The van der Waals surface area contributed by atoms with Gasteiger partial charge in [0.1, 0.15) is 5.75 Å². The molecule has 18 heavy (non-hydrogen) atoms. The Bertz CT molecular complexity index is 433. The molecular weight excluding hydrogens is 228 g/mol. The summed E-state index contributed by atoms with van der Waals surface area (Å²) in [7, 11) is 1.69. The van der Waals surface area contributed by atoms with Crippen molar-refractivity contribution in [2.75, 3.05) is 7.11 Å². The van der Waals surface area contributed by atoms with Crippen molar-refractivity contribution in [2.24, 2.45) is 5.92 Å². The van der Waals surface area contributed by atoms with E-state index in [4.69, 9.17) is 9.84 Å². The van der Waals surface area contributed by atoms with Gasteiger partial charge in [0.15, 0.2) is 0 Å². The summed E-state index contributed by atoms with van der Waals surface area (Å²) >= 11 is 0. The first kappa shape index (κ1) is 12.9. The molecule has 0 spiro atoms. The van der Waals surface area contributed by atoms with E-state index >= 15 is 0 Å². The average Bonchev–Trinajstić information content (AvgIpc) is 2.32. The number of methoxy groups -OCH3 is 1. The monoisotopic (exact) mass is 248 g/mol. The lowest BCUT2D eigenvalue weighted by Crippen LogP contribution is -2.24. The number of aliphatic carboxylic acids is 1. The molecule has 1 aromatic rings. The lowest BCUT2D eigenvalue weighted by molar-refractivity contribution is -0.138. The van der Waals surface area contributed by atoms with Gasteiger partial charge in [-0.2, -0.15) is 0 Å². The van der Waals surface area contributed by atoms with Crippen LogP contribution >= 0.6 is 0 Å². The van der Waals surface area contributed by atoms with Crippen molar-refractivity contribution in [3.63, 3.8) is 0 Å². The Morgan fingerprint density at radius 2 is 2.17 bits per heavy atom. The number of carbonyl (C=O) groups is 1. The second-order valence-corrected chi connectivity index (χ2v) is 5.06. The Kier molecular flexibility index (Phi) is 3.90. The third-order valence-corrected chi connectivity index (χ3v) is 3.86. The fraction of sp³-hybridized carbons (Fsp3) is 0.533. The smallest absolute Gasteiger partial charge is 0.303 e. The SMILES string of the molecule is CCc1cc(C2CC(CC(=O)O)C2)ccc1OC. The number of benzene rings is 1. The van der Waals surface area contributed by atoms with E-state index in [0.717, 1.165) is 25.0 Å². The summed E-state index contributed by atoms with van der Waals surface area (Å²) in [6.07, 6.45) is 3.28. The molecule has 1 N–H and O–H groups in total. The highest BCUT2D eigenvalue weighted by atomic mass is 16.5. The maximum Gasteiger partial charge on any atom is 0.303 e. The molecule has 98 valence electrons. The molecular formula is C15H20O3.